The van der Waals surface area contributed by atoms with Crippen molar-refractivity contribution in [3.8, 4) is 0 Å². The van der Waals surface area contributed by atoms with Crippen molar-refractivity contribution in [2.24, 2.45) is 0 Å². The van der Waals surface area contributed by atoms with Gasteiger partial charge in [0, 0.05) is 31.4 Å². The van der Waals surface area contributed by atoms with Gasteiger partial charge in [-0.05, 0) is 43.9 Å². The largest absolute Gasteiger partial charge is 0.465 e. The average molecular weight is 340 g/mol. The maximum atomic E-state index is 11.5. The summed E-state index contributed by atoms with van der Waals surface area (Å²) in [4.78, 5) is 22.9. The molecule has 0 radical (unpaired) electrons. The minimum absolute atomic E-state index is 0.322. The van der Waals surface area contributed by atoms with Crippen molar-refractivity contribution in [3.05, 3.63) is 47.2 Å². The highest BCUT2D eigenvalue weighted by Crippen LogP contribution is 2.20. The number of carbonyl (C=O) groups is 1. The number of hydrogen-bond donors (Lipinski definition) is 1. The lowest BCUT2D eigenvalue weighted by Gasteiger charge is -2.27. The molecule has 0 amide bonds. The molecule has 1 aromatic heterocycles. The Hall–Kier alpha value is -2.63. The third-order valence-electron chi connectivity index (χ3n) is 4.43. The number of aromatic nitrogens is 2. The van der Waals surface area contributed by atoms with E-state index in [0.29, 0.717) is 12.1 Å². The van der Waals surface area contributed by atoms with Crippen molar-refractivity contribution < 1.29 is 9.53 Å². The summed E-state index contributed by atoms with van der Waals surface area (Å²) in [7, 11) is 1.38. The van der Waals surface area contributed by atoms with Crippen LogP contribution in [0.25, 0.3) is 0 Å². The number of hydrogen-bond acceptors (Lipinski definition) is 6. The Balaban J connectivity index is 1.67. The van der Waals surface area contributed by atoms with E-state index in [4.69, 9.17) is 9.72 Å². The molecular weight excluding hydrogens is 316 g/mol. The normalized spacial score (nSPS) is 14.2. The summed E-state index contributed by atoms with van der Waals surface area (Å²) in [5.41, 5.74) is 2.65. The topological polar surface area (TPSA) is 67.3 Å². The number of nitrogens with zero attached hydrogens (tertiary/aromatic N) is 3. The zero-order chi connectivity index (χ0) is 17.6. The standard InChI is InChI=1S/C19H24N4O2/c1-14-12-21-19(23-10-4-3-5-11-23)22-17(14)20-13-15-6-8-16(9-7-15)18(24)25-2/h6-9,12H,3-5,10-11,13H2,1-2H3,(H,20,21,22). The Morgan fingerprint density at radius 2 is 1.92 bits per heavy atom. The first-order valence-corrected chi connectivity index (χ1v) is 8.67. The second-order valence-corrected chi connectivity index (χ2v) is 6.29. The van der Waals surface area contributed by atoms with Gasteiger partial charge in [0.05, 0.1) is 12.7 Å². The van der Waals surface area contributed by atoms with Crippen molar-refractivity contribution in [3.63, 3.8) is 0 Å². The van der Waals surface area contributed by atoms with Gasteiger partial charge in [0.25, 0.3) is 0 Å². The predicted octanol–water partition coefficient (Wildman–Crippen LogP) is 3.17. The summed E-state index contributed by atoms with van der Waals surface area (Å²) < 4.78 is 4.72. The van der Waals surface area contributed by atoms with Crippen LogP contribution in [0.2, 0.25) is 0 Å². The molecule has 3 rings (SSSR count). The van der Waals surface area contributed by atoms with Gasteiger partial charge in [0.1, 0.15) is 5.82 Å². The zero-order valence-electron chi connectivity index (χ0n) is 14.8. The number of ether oxygens (including phenoxy) is 1. The summed E-state index contributed by atoms with van der Waals surface area (Å²) in [6.45, 7) is 4.69. The summed E-state index contributed by atoms with van der Waals surface area (Å²) in [5.74, 6) is 1.33. The molecule has 25 heavy (non-hydrogen) atoms. The highest BCUT2D eigenvalue weighted by atomic mass is 16.5. The van der Waals surface area contributed by atoms with Crippen molar-refractivity contribution in [1.29, 1.82) is 0 Å². The fourth-order valence-electron chi connectivity index (χ4n) is 2.92. The molecule has 1 fully saturated rings. The Bertz CT molecular complexity index is 725. The fourth-order valence-corrected chi connectivity index (χ4v) is 2.92. The highest BCUT2D eigenvalue weighted by Gasteiger charge is 2.14. The van der Waals surface area contributed by atoms with E-state index < -0.39 is 0 Å². The first-order chi connectivity index (χ1) is 12.2. The first kappa shape index (κ1) is 17.2. The third kappa shape index (κ3) is 4.26. The molecule has 0 atom stereocenters. The number of rotatable bonds is 5. The van der Waals surface area contributed by atoms with Crippen LogP contribution in [0.4, 0.5) is 11.8 Å². The zero-order valence-corrected chi connectivity index (χ0v) is 14.8. The minimum atomic E-state index is -0.322. The van der Waals surface area contributed by atoms with Gasteiger partial charge in [-0.1, -0.05) is 12.1 Å². The molecule has 1 N–H and O–H groups in total. The maximum Gasteiger partial charge on any atom is 0.337 e. The number of nitrogens with one attached hydrogen (secondary N) is 1. The van der Waals surface area contributed by atoms with Crippen molar-refractivity contribution in [1.82, 2.24) is 9.97 Å². The average Bonchev–Trinajstić information content (AvgIpc) is 2.68. The number of piperidine rings is 1. The number of aryl methyl sites for hydroxylation is 1. The molecule has 1 saturated heterocycles. The van der Waals surface area contributed by atoms with E-state index in [0.717, 1.165) is 36.0 Å². The predicted molar refractivity (Wildman–Crippen MR) is 97.9 cm³/mol. The van der Waals surface area contributed by atoms with Gasteiger partial charge in [-0.15, -0.1) is 0 Å². The maximum absolute atomic E-state index is 11.5. The van der Waals surface area contributed by atoms with Gasteiger partial charge >= 0.3 is 5.97 Å². The molecule has 2 aromatic rings. The van der Waals surface area contributed by atoms with Gasteiger partial charge in [0.15, 0.2) is 0 Å². The molecule has 0 aliphatic carbocycles. The Morgan fingerprint density at radius 1 is 1.20 bits per heavy atom. The molecule has 6 heteroatoms. The summed E-state index contributed by atoms with van der Waals surface area (Å²) in [5, 5.41) is 3.38. The van der Waals surface area contributed by atoms with Crippen molar-refractivity contribution >= 4 is 17.7 Å². The molecule has 0 unspecified atom stereocenters. The van der Waals surface area contributed by atoms with Gasteiger partial charge in [-0.3, -0.25) is 0 Å². The van der Waals surface area contributed by atoms with Crippen LogP contribution < -0.4 is 10.2 Å². The Kier molecular flexibility index (Phi) is 5.48. The molecule has 0 spiro atoms. The molecule has 132 valence electrons. The Morgan fingerprint density at radius 3 is 2.60 bits per heavy atom. The van der Waals surface area contributed by atoms with Crippen molar-refractivity contribution in [2.75, 3.05) is 30.4 Å². The second kappa shape index (κ2) is 7.96. The molecular formula is C19H24N4O2. The molecule has 2 heterocycles. The number of methoxy groups -OCH3 is 1. The summed E-state index contributed by atoms with van der Waals surface area (Å²) in [6, 6.07) is 7.38. The second-order valence-electron chi connectivity index (χ2n) is 6.29. The van der Waals surface area contributed by atoms with Gasteiger partial charge in [0.2, 0.25) is 5.95 Å². The molecule has 1 aromatic carbocycles. The number of carbonyl (C=O) groups excluding carboxylic acids is 1. The van der Waals surface area contributed by atoms with Gasteiger partial charge in [-0.25, -0.2) is 9.78 Å². The van der Waals surface area contributed by atoms with E-state index in [2.05, 4.69) is 15.2 Å². The van der Waals surface area contributed by atoms with E-state index >= 15 is 0 Å². The van der Waals surface area contributed by atoms with Crippen LogP contribution in [0.3, 0.4) is 0 Å². The number of anilines is 2. The smallest absolute Gasteiger partial charge is 0.337 e. The van der Waals surface area contributed by atoms with E-state index in [1.54, 1.807) is 12.1 Å². The number of esters is 1. The van der Waals surface area contributed by atoms with E-state index in [-0.39, 0.29) is 5.97 Å². The lowest BCUT2D eigenvalue weighted by atomic mass is 10.1. The quantitative estimate of drug-likeness (QED) is 0.843. The van der Waals surface area contributed by atoms with Crippen LogP contribution in [0.5, 0.6) is 0 Å². The molecule has 6 nitrogen and oxygen atoms in total. The van der Waals surface area contributed by atoms with Gasteiger partial charge < -0.3 is 15.0 Å². The van der Waals surface area contributed by atoms with E-state index in [9.17, 15) is 4.79 Å². The van der Waals surface area contributed by atoms with Crippen molar-refractivity contribution in [2.45, 2.75) is 32.7 Å². The fraction of sp³-hybridized carbons (Fsp3) is 0.421. The number of benzene rings is 1. The van der Waals surface area contributed by atoms with E-state index in [1.807, 2.05) is 25.3 Å². The van der Waals surface area contributed by atoms with Crippen LogP contribution in [0.1, 0.15) is 40.7 Å². The highest BCUT2D eigenvalue weighted by molar-refractivity contribution is 5.89. The van der Waals surface area contributed by atoms with Crippen LogP contribution in [0, 0.1) is 6.92 Å². The molecule has 1 aliphatic heterocycles. The monoisotopic (exact) mass is 340 g/mol. The molecule has 0 bridgehead atoms. The lowest BCUT2D eigenvalue weighted by molar-refractivity contribution is 0.0600. The third-order valence-corrected chi connectivity index (χ3v) is 4.43. The van der Waals surface area contributed by atoms with Crippen LogP contribution in [-0.2, 0) is 11.3 Å². The summed E-state index contributed by atoms with van der Waals surface area (Å²) >= 11 is 0. The molecule has 1 aliphatic rings. The lowest BCUT2D eigenvalue weighted by Crippen LogP contribution is -2.31. The van der Waals surface area contributed by atoms with Gasteiger partial charge in [-0.2, -0.15) is 4.98 Å². The van der Waals surface area contributed by atoms with Crippen LogP contribution in [0.15, 0.2) is 30.5 Å². The molecule has 0 saturated carbocycles. The Labute approximate surface area is 148 Å². The summed E-state index contributed by atoms with van der Waals surface area (Å²) in [6.07, 6.45) is 5.56. The SMILES string of the molecule is COC(=O)c1ccc(CNc2nc(N3CCCCC3)ncc2C)cc1. The van der Waals surface area contributed by atoms with Crippen LogP contribution >= 0.6 is 0 Å². The first-order valence-electron chi connectivity index (χ1n) is 8.67. The van der Waals surface area contributed by atoms with Crippen LogP contribution in [-0.4, -0.2) is 36.1 Å². The van der Waals surface area contributed by atoms with E-state index in [1.165, 1.54) is 26.4 Å². The minimum Gasteiger partial charge on any atom is -0.465 e.